The van der Waals surface area contributed by atoms with Crippen LogP contribution >= 0.6 is 0 Å². The van der Waals surface area contributed by atoms with Crippen molar-refractivity contribution in [3.05, 3.63) is 46.0 Å². The lowest BCUT2D eigenvalue weighted by Gasteiger charge is -2.29. The van der Waals surface area contributed by atoms with Crippen molar-refractivity contribution >= 4 is 28.8 Å². The van der Waals surface area contributed by atoms with Gasteiger partial charge in [0, 0.05) is 60.9 Å². The van der Waals surface area contributed by atoms with E-state index in [0.717, 1.165) is 30.5 Å². The fourth-order valence-electron chi connectivity index (χ4n) is 6.29. The summed E-state index contributed by atoms with van der Waals surface area (Å²) in [5, 5.41) is 13.9. The number of aryl methyl sites for hydroxylation is 2. The average molecular weight is 609 g/mol. The maximum Gasteiger partial charge on any atom is 0.337 e. The number of carbonyl (C=O) groups is 3. The number of likely N-dealkylation sites (tertiary alicyclic amines) is 1. The third-order valence-electron chi connectivity index (χ3n) is 8.36. The summed E-state index contributed by atoms with van der Waals surface area (Å²) in [4.78, 5) is 44.7. The van der Waals surface area contributed by atoms with E-state index in [1.165, 1.54) is 6.07 Å². The van der Waals surface area contributed by atoms with E-state index in [-0.39, 0.29) is 17.6 Å². The van der Waals surface area contributed by atoms with Crippen LogP contribution in [0.15, 0.2) is 12.1 Å². The summed E-state index contributed by atoms with van der Waals surface area (Å²) in [5.74, 6) is -1.68. The van der Waals surface area contributed by atoms with Gasteiger partial charge in [0.2, 0.25) is 5.91 Å². The molecule has 2 amide bonds. The van der Waals surface area contributed by atoms with Crippen molar-refractivity contribution in [3.8, 4) is 16.9 Å². The van der Waals surface area contributed by atoms with Crippen molar-refractivity contribution in [2.24, 2.45) is 7.05 Å². The van der Waals surface area contributed by atoms with E-state index < -0.39 is 23.5 Å². The van der Waals surface area contributed by atoms with Crippen LogP contribution < -0.4 is 10.1 Å². The first-order valence-electron chi connectivity index (χ1n) is 15.2. The van der Waals surface area contributed by atoms with Crippen LogP contribution in [0.1, 0.15) is 85.4 Å². The van der Waals surface area contributed by atoms with Crippen molar-refractivity contribution in [2.75, 3.05) is 26.2 Å². The normalized spacial score (nSPS) is 15.8. The van der Waals surface area contributed by atoms with Gasteiger partial charge in [-0.1, -0.05) is 0 Å². The molecule has 44 heavy (non-hydrogen) atoms. The van der Waals surface area contributed by atoms with Crippen LogP contribution in [0.25, 0.3) is 22.2 Å². The van der Waals surface area contributed by atoms with Gasteiger partial charge in [0.25, 0.3) is 5.91 Å². The van der Waals surface area contributed by atoms with E-state index in [1.54, 1.807) is 45.4 Å². The molecular weight excluding hydrogens is 567 g/mol. The third kappa shape index (κ3) is 6.02. The minimum absolute atomic E-state index is 0.144. The highest BCUT2D eigenvalue weighted by Crippen LogP contribution is 2.44. The van der Waals surface area contributed by atoms with Gasteiger partial charge in [0.05, 0.1) is 12.2 Å². The maximum absolute atomic E-state index is 15.6. The highest BCUT2D eigenvalue weighted by molar-refractivity contribution is 6.04. The minimum Gasteiger partial charge on any atom is -0.490 e. The van der Waals surface area contributed by atoms with Crippen LogP contribution in [0.4, 0.5) is 4.39 Å². The monoisotopic (exact) mass is 608 g/mol. The van der Waals surface area contributed by atoms with Crippen molar-refractivity contribution in [3.63, 3.8) is 0 Å². The number of aromatic nitrogens is 2. The molecule has 0 unspecified atom stereocenters. The zero-order valence-electron chi connectivity index (χ0n) is 26.3. The number of halogens is 1. The first kappa shape index (κ1) is 31.4. The number of carbonyl (C=O) groups excluding carboxylic acids is 2. The molecule has 10 nitrogen and oxygen atoms in total. The Kier molecular flexibility index (Phi) is 8.71. The summed E-state index contributed by atoms with van der Waals surface area (Å²) < 4.78 is 29.0. The molecule has 4 heterocycles. The van der Waals surface area contributed by atoms with Crippen LogP contribution in [0.3, 0.4) is 0 Å². The van der Waals surface area contributed by atoms with Gasteiger partial charge in [-0.2, -0.15) is 0 Å². The molecule has 1 saturated heterocycles. The van der Waals surface area contributed by atoms with Crippen LogP contribution in [-0.4, -0.2) is 69.2 Å². The van der Waals surface area contributed by atoms with Gasteiger partial charge < -0.3 is 29.4 Å². The first-order valence-corrected chi connectivity index (χ1v) is 15.2. The minimum atomic E-state index is -1.40. The predicted octanol–water partition coefficient (Wildman–Crippen LogP) is 5.00. The number of nitrogens with one attached hydrogen (secondary N) is 1. The highest BCUT2D eigenvalue weighted by atomic mass is 19.1. The number of carboxylic acids is 1. The molecule has 236 valence electrons. The number of fused-ring (bicyclic) bond motifs is 2. The van der Waals surface area contributed by atoms with Gasteiger partial charge in [-0.3, -0.25) is 9.59 Å². The van der Waals surface area contributed by atoms with Crippen LogP contribution in [0, 0.1) is 19.7 Å². The Bertz CT molecular complexity index is 1640. The van der Waals surface area contributed by atoms with Crippen molar-refractivity contribution in [1.29, 1.82) is 0 Å². The SMILES string of the molecule is Cc1nc2c(cc(C(=O)NCCCN3CCCC3=O)n2C)c(-c2cc(F)c3c(c2C)CCCO3)c1[C@H](OC(C)(C)C)C(=O)O. The van der Waals surface area contributed by atoms with E-state index in [2.05, 4.69) is 5.32 Å². The summed E-state index contributed by atoms with van der Waals surface area (Å²) in [6.45, 7) is 11.1. The number of hydrogen-bond donors (Lipinski definition) is 2. The Hall–Kier alpha value is -3.99. The molecule has 2 aromatic heterocycles. The molecule has 2 aliphatic heterocycles. The smallest absolute Gasteiger partial charge is 0.337 e. The molecular formula is C33H41FN4O6. The van der Waals surface area contributed by atoms with E-state index in [0.29, 0.717) is 78.1 Å². The van der Waals surface area contributed by atoms with Gasteiger partial charge in [-0.05, 0) is 83.6 Å². The predicted molar refractivity (Wildman–Crippen MR) is 163 cm³/mol. The van der Waals surface area contributed by atoms with Crippen molar-refractivity contribution in [2.45, 2.75) is 78.4 Å². The number of ether oxygens (including phenoxy) is 2. The van der Waals surface area contributed by atoms with E-state index >= 15 is 4.39 Å². The number of pyridine rings is 1. The second-order valence-corrected chi connectivity index (χ2v) is 12.6. The molecule has 2 aliphatic rings. The van der Waals surface area contributed by atoms with Gasteiger partial charge >= 0.3 is 5.97 Å². The number of rotatable bonds is 9. The van der Waals surface area contributed by atoms with Gasteiger partial charge in [-0.15, -0.1) is 0 Å². The molecule has 3 aromatic rings. The molecule has 11 heteroatoms. The standard InChI is InChI=1S/C33H41FN4O6/c1-18-20-10-8-15-43-28(20)23(34)16-21(18)27-22-17-24(31(40)35-12-9-14-38-13-7-11-25(38)39)37(6)30(22)36-19(2)26(27)29(32(41)42)44-33(3,4)5/h16-17,29H,7-15H2,1-6H3,(H,35,40)(H,41,42)/t29-/m0/s1. The number of nitrogens with zero attached hydrogens (tertiary/aromatic N) is 3. The largest absolute Gasteiger partial charge is 0.490 e. The Morgan fingerprint density at radius 3 is 2.61 bits per heavy atom. The summed E-state index contributed by atoms with van der Waals surface area (Å²) in [6, 6.07) is 3.07. The number of aliphatic carboxylic acids is 1. The Morgan fingerprint density at radius 2 is 1.95 bits per heavy atom. The molecule has 0 aliphatic carbocycles. The lowest BCUT2D eigenvalue weighted by molar-refractivity contribution is -0.160. The van der Waals surface area contributed by atoms with Crippen molar-refractivity contribution < 1.29 is 33.4 Å². The van der Waals surface area contributed by atoms with Gasteiger partial charge in [-0.25, -0.2) is 14.2 Å². The first-order chi connectivity index (χ1) is 20.8. The number of hydrogen-bond acceptors (Lipinski definition) is 6. The third-order valence-corrected chi connectivity index (χ3v) is 8.36. The maximum atomic E-state index is 15.6. The van der Waals surface area contributed by atoms with Gasteiger partial charge in [0.15, 0.2) is 17.7 Å². The van der Waals surface area contributed by atoms with E-state index in [1.807, 2.05) is 11.8 Å². The van der Waals surface area contributed by atoms with E-state index in [9.17, 15) is 19.5 Å². The lowest BCUT2D eigenvalue weighted by Crippen LogP contribution is -2.31. The summed E-state index contributed by atoms with van der Waals surface area (Å²) in [7, 11) is 1.73. The second-order valence-electron chi connectivity index (χ2n) is 12.6. The van der Waals surface area contributed by atoms with Crippen molar-refractivity contribution in [1.82, 2.24) is 19.8 Å². The summed E-state index contributed by atoms with van der Waals surface area (Å²) >= 11 is 0. The zero-order valence-corrected chi connectivity index (χ0v) is 26.3. The zero-order chi connectivity index (χ0) is 31.9. The topological polar surface area (TPSA) is 123 Å². The fraction of sp³-hybridized carbons (Fsp3) is 0.515. The molecule has 0 spiro atoms. The molecule has 1 atom stereocenters. The number of benzene rings is 1. The number of carboxylic acid groups (broad SMARTS) is 1. The summed E-state index contributed by atoms with van der Waals surface area (Å²) in [5.41, 5.74) is 3.19. The average Bonchev–Trinajstić information content (AvgIpc) is 3.52. The van der Waals surface area contributed by atoms with Crippen LogP contribution in [-0.2, 0) is 27.8 Å². The van der Waals surface area contributed by atoms with Gasteiger partial charge in [0.1, 0.15) is 11.3 Å². The van der Waals surface area contributed by atoms with Crippen LogP contribution in [0.2, 0.25) is 0 Å². The van der Waals surface area contributed by atoms with E-state index in [4.69, 9.17) is 14.5 Å². The second kappa shape index (κ2) is 12.2. The number of amides is 2. The Balaban J connectivity index is 1.63. The Morgan fingerprint density at radius 1 is 1.20 bits per heavy atom. The molecule has 0 bridgehead atoms. The molecule has 0 saturated carbocycles. The quantitative estimate of drug-likeness (QED) is 0.328. The van der Waals surface area contributed by atoms with Crippen LogP contribution in [0.5, 0.6) is 5.75 Å². The molecule has 1 fully saturated rings. The Labute approximate surface area is 256 Å². The molecule has 2 N–H and O–H groups in total. The fourth-order valence-corrected chi connectivity index (χ4v) is 6.29. The highest BCUT2D eigenvalue weighted by Gasteiger charge is 2.35. The molecule has 1 aromatic carbocycles. The molecule has 0 radical (unpaired) electrons. The summed E-state index contributed by atoms with van der Waals surface area (Å²) in [6.07, 6.45) is 2.02. The lowest BCUT2D eigenvalue weighted by atomic mass is 9.86. The molecule has 5 rings (SSSR count).